The highest BCUT2D eigenvalue weighted by Gasteiger charge is 2.29. The monoisotopic (exact) mass is 311 g/mol. The van der Waals surface area contributed by atoms with Crippen molar-refractivity contribution >= 4 is 15.9 Å². The number of hydrogen-bond donors (Lipinski definition) is 1. The van der Waals surface area contributed by atoms with Crippen LogP contribution in [0.15, 0.2) is 18.2 Å². The first-order chi connectivity index (χ1) is 9.87. The summed E-state index contributed by atoms with van der Waals surface area (Å²) in [7, 11) is -0.256. The van der Waals surface area contributed by atoms with Gasteiger partial charge in [0.25, 0.3) is 0 Å². The Morgan fingerprint density at radius 1 is 1.38 bits per heavy atom. The summed E-state index contributed by atoms with van der Waals surface area (Å²) < 4.78 is 27.6. The molecule has 0 spiro atoms. The van der Waals surface area contributed by atoms with E-state index in [0.29, 0.717) is 6.54 Å². The van der Waals surface area contributed by atoms with Crippen molar-refractivity contribution in [3.8, 4) is 0 Å². The van der Waals surface area contributed by atoms with E-state index in [2.05, 4.69) is 25.2 Å². The maximum atomic E-state index is 12.4. The minimum atomic E-state index is -3.41. The van der Waals surface area contributed by atoms with Crippen LogP contribution in [0.1, 0.15) is 37.4 Å². The van der Waals surface area contributed by atoms with Crippen molar-refractivity contribution in [3.05, 3.63) is 29.3 Å². The number of nitrogens with zero attached hydrogens (tertiary/aromatic N) is 2. The van der Waals surface area contributed by atoms with E-state index >= 15 is 0 Å². The van der Waals surface area contributed by atoms with Crippen molar-refractivity contribution in [2.24, 2.45) is 0 Å². The SMILES string of the molecule is CCNC(C)c1ccc2c(c1)CCCN2S(=O)(=O)N(C)C. The molecule has 5 nitrogen and oxygen atoms in total. The summed E-state index contributed by atoms with van der Waals surface area (Å²) in [6.07, 6.45) is 1.79. The lowest BCUT2D eigenvalue weighted by atomic mass is 9.98. The lowest BCUT2D eigenvalue weighted by Crippen LogP contribution is -2.42. The van der Waals surface area contributed by atoms with E-state index in [1.54, 1.807) is 14.1 Å². The zero-order valence-corrected chi connectivity index (χ0v) is 14.1. The Hall–Kier alpha value is -1.11. The molecule has 0 fully saturated rings. The van der Waals surface area contributed by atoms with E-state index in [4.69, 9.17) is 0 Å². The largest absolute Gasteiger partial charge is 0.310 e. The van der Waals surface area contributed by atoms with Crippen LogP contribution in [0.25, 0.3) is 0 Å². The molecule has 0 radical (unpaired) electrons. The van der Waals surface area contributed by atoms with Gasteiger partial charge in [-0.3, -0.25) is 4.31 Å². The minimum absolute atomic E-state index is 0.279. The lowest BCUT2D eigenvalue weighted by molar-refractivity contribution is 0.512. The van der Waals surface area contributed by atoms with Gasteiger partial charge in [0, 0.05) is 26.7 Å². The summed E-state index contributed by atoms with van der Waals surface area (Å²) in [4.78, 5) is 0. The third-order valence-corrected chi connectivity index (χ3v) is 5.79. The summed E-state index contributed by atoms with van der Waals surface area (Å²) >= 11 is 0. The van der Waals surface area contributed by atoms with Crippen LogP contribution in [0.4, 0.5) is 5.69 Å². The van der Waals surface area contributed by atoms with Crippen molar-refractivity contribution in [1.29, 1.82) is 0 Å². The van der Waals surface area contributed by atoms with Crippen LogP contribution in [-0.2, 0) is 16.6 Å². The van der Waals surface area contributed by atoms with Crippen LogP contribution in [0.5, 0.6) is 0 Å². The van der Waals surface area contributed by atoms with Gasteiger partial charge in [-0.25, -0.2) is 0 Å². The van der Waals surface area contributed by atoms with Gasteiger partial charge in [-0.15, -0.1) is 0 Å². The molecule has 1 aliphatic heterocycles. The minimum Gasteiger partial charge on any atom is -0.310 e. The number of fused-ring (bicyclic) bond motifs is 1. The number of aryl methyl sites for hydroxylation is 1. The molecule has 1 unspecified atom stereocenters. The van der Waals surface area contributed by atoms with Crippen LogP contribution in [0, 0.1) is 0 Å². The number of benzene rings is 1. The average Bonchev–Trinajstić information content (AvgIpc) is 2.46. The molecular weight excluding hydrogens is 286 g/mol. The van der Waals surface area contributed by atoms with E-state index in [1.165, 1.54) is 14.2 Å². The fourth-order valence-electron chi connectivity index (χ4n) is 2.71. The van der Waals surface area contributed by atoms with Crippen LogP contribution in [-0.4, -0.2) is 39.9 Å². The maximum absolute atomic E-state index is 12.4. The van der Waals surface area contributed by atoms with Gasteiger partial charge in [-0.1, -0.05) is 19.1 Å². The van der Waals surface area contributed by atoms with E-state index in [9.17, 15) is 8.42 Å². The van der Waals surface area contributed by atoms with E-state index in [1.807, 2.05) is 12.1 Å². The standard InChI is InChI=1S/C15H25N3O2S/c1-5-16-12(2)13-8-9-15-14(11-13)7-6-10-18(15)21(19,20)17(3)4/h8-9,11-12,16H,5-7,10H2,1-4H3. The van der Waals surface area contributed by atoms with Gasteiger partial charge in [0.2, 0.25) is 0 Å². The molecule has 0 bridgehead atoms. The number of rotatable bonds is 5. The molecular formula is C15H25N3O2S. The topological polar surface area (TPSA) is 52.7 Å². The van der Waals surface area contributed by atoms with Gasteiger partial charge in [0.15, 0.2) is 0 Å². The van der Waals surface area contributed by atoms with Crippen LogP contribution < -0.4 is 9.62 Å². The Balaban J connectivity index is 2.37. The molecule has 1 N–H and O–H groups in total. The van der Waals surface area contributed by atoms with Crippen molar-refractivity contribution in [3.63, 3.8) is 0 Å². The highest BCUT2D eigenvalue weighted by Crippen LogP contribution is 2.32. The van der Waals surface area contributed by atoms with Gasteiger partial charge in [-0.2, -0.15) is 12.7 Å². The van der Waals surface area contributed by atoms with Crippen molar-refractivity contribution in [2.75, 3.05) is 31.5 Å². The molecule has 1 atom stereocenters. The van der Waals surface area contributed by atoms with Gasteiger partial charge in [0.05, 0.1) is 5.69 Å². The van der Waals surface area contributed by atoms with Crippen LogP contribution in [0.3, 0.4) is 0 Å². The summed E-state index contributed by atoms with van der Waals surface area (Å²) in [6.45, 7) is 5.68. The molecule has 1 aromatic rings. The van der Waals surface area contributed by atoms with E-state index in [-0.39, 0.29) is 6.04 Å². The zero-order valence-electron chi connectivity index (χ0n) is 13.3. The normalized spacial score (nSPS) is 16.9. The molecule has 0 saturated carbocycles. The highest BCUT2D eigenvalue weighted by atomic mass is 32.2. The fourth-order valence-corrected chi connectivity index (χ4v) is 3.89. The highest BCUT2D eigenvalue weighted by molar-refractivity contribution is 7.90. The Labute approximate surface area is 128 Å². The third-order valence-electron chi connectivity index (χ3n) is 3.93. The molecule has 1 heterocycles. The average molecular weight is 311 g/mol. The quantitative estimate of drug-likeness (QED) is 0.904. The fraction of sp³-hybridized carbons (Fsp3) is 0.600. The number of hydrogen-bond acceptors (Lipinski definition) is 3. The van der Waals surface area contributed by atoms with Crippen molar-refractivity contribution < 1.29 is 8.42 Å². The van der Waals surface area contributed by atoms with Gasteiger partial charge in [0.1, 0.15) is 0 Å². The first-order valence-electron chi connectivity index (χ1n) is 7.44. The van der Waals surface area contributed by atoms with Crippen molar-refractivity contribution in [2.45, 2.75) is 32.7 Å². The summed E-state index contributed by atoms with van der Waals surface area (Å²) in [5, 5.41) is 3.39. The van der Waals surface area contributed by atoms with Gasteiger partial charge >= 0.3 is 10.2 Å². The Kier molecular flexibility index (Phi) is 4.91. The predicted octanol–water partition coefficient (Wildman–Crippen LogP) is 1.92. The number of nitrogens with one attached hydrogen (secondary N) is 1. The first kappa shape index (κ1) is 16.3. The van der Waals surface area contributed by atoms with Gasteiger partial charge < -0.3 is 5.32 Å². The number of anilines is 1. The molecule has 2 rings (SSSR count). The second kappa shape index (κ2) is 6.34. The zero-order chi connectivity index (χ0) is 15.6. The smallest absolute Gasteiger partial charge is 0.303 e. The Bertz CT molecular complexity index is 599. The van der Waals surface area contributed by atoms with Gasteiger partial charge in [-0.05, 0) is 43.5 Å². The van der Waals surface area contributed by atoms with Crippen molar-refractivity contribution in [1.82, 2.24) is 9.62 Å². The van der Waals surface area contributed by atoms with E-state index in [0.717, 1.165) is 30.6 Å². The molecule has 0 aliphatic carbocycles. The molecule has 0 aromatic heterocycles. The van der Waals surface area contributed by atoms with Crippen LogP contribution >= 0.6 is 0 Å². The molecule has 21 heavy (non-hydrogen) atoms. The Morgan fingerprint density at radius 2 is 2.10 bits per heavy atom. The first-order valence-corrected chi connectivity index (χ1v) is 8.84. The third kappa shape index (κ3) is 3.22. The van der Waals surface area contributed by atoms with Crippen LogP contribution in [0.2, 0.25) is 0 Å². The molecule has 118 valence electrons. The Morgan fingerprint density at radius 3 is 2.71 bits per heavy atom. The summed E-state index contributed by atoms with van der Waals surface area (Å²) in [6, 6.07) is 6.38. The molecule has 6 heteroatoms. The lowest BCUT2D eigenvalue weighted by Gasteiger charge is -2.33. The second-order valence-electron chi connectivity index (χ2n) is 5.63. The maximum Gasteiger partial charge on any atom is 0.303 e. The van der Waals surface area contributed by atoms with E-state index < -0.39 is 10.2 Å². The molecule has 1 aromatic carbocycles. The molecule has 1 aliphatic rings. The second-order valence-corrected chi connectivity index (χ2v) is 7.70. The summed E-state index contributed by atoms with van der Waals surface area (Å²) in [5.41, 5.74) is 3.15. The molecule has 0 saturated heterocycles. The molecule has 0 amide bonds. The predicted molar refractivity (Wildman–Crippen MR) is 86.8 cm³/mol. The summed E-state index contributed by atoms with van der Waals surface area (Å²) in [5.74, 6) is 0.